The van der Waals surface area contributed by atoms with Gasteiger partial charge in [-0.15, -0.1) is 0 Å². The summed E-state index contributed by atoms with van der Waals surface area (Å²) in [6.45, 7) is 2.97. The third kappa shape index (κ3) is 2.57. The van der Waals surface area contributed by atoms with E-state index in [9.17, 15) is 23.1 Å². The van der Waals surface area contributed by atoms with Crippen molar-refractivity contribution in [2.45, 2.75) is 25.6 Å². The molecule has 0 aliphatic heterocycles. The summed E-state index contributed by atoms with van der Waals surface area (Å²) in [4.78, 5) is 14.9. The first-order valence-electron chi connectivity index (χ1n) is 7.66. The number of fused-ring (bicyclic) bond motifs is 1. The Labute approximate surface area is 146 Å². The number of hydrogen-bond acceptors (Lipinski definition) is 4. The van der Waals surface area contributed by atoms with Crippen LogP contribution in [0, 0.1) is 13.8 Å². The highest BCUT2D eigenvalue weighted by atomic mass is 19.4. The second kappa shape index (κ2) is 5.91. The van der Waals surface area contributed by atoms with Gasteiger partial charge in [0.2, 0.25) is 5.60 Å². The summed E-state index contributed by atoms with van der Waals surface area (Å²) in [6.07, 6.45) is -5.16. The topological polar surface area (TPSA) is 75.5 Å². The molecule has 0 saturated heterocycles. The van der Waals surface area contributed by atoms with Crippen molar-refractivity contribution in [2.24, 2.45) is 0 Å². The number of aryl methyl sites for hydroxylation is 2. The fourth-order valence-corrected chi connectivity index (χ4v) is 3.06. The maximum absolute atomic E-state index is 13.9. The van der Waals surface area contributed by atoms with Crippen LogP contribution in [0.1, 0.15) is 22.5 Å². The maximum Gasteiger partial charge on any atom is 0.427 e. The van der Waals surface area contributed by atoms with Gasteiger partial charge in [-0.25, -0.2) is 4.79 Å². The summed E-state index contributed by atoms with van der Waals surface area (Å²) in [5, 5.41) is 10.9. The Bertz CT molecular complexity index is 1040. The predicted molar refractivity (Wildman–Crippen MR) is 88.4 cm³/mol. The number of ether oxygens (including phenoxy) is 1. The SMILES string of the molecule is COc1cccc2cc(C(O)(c3[nH]c(C)cc3C)C(F)(F)F)c(=O)oc12. The number of rotatable bonds is 3. The molecule has 2 heterocycles. The van der Waals surface area contributed by atoms with Crippen LogP contribution in [0.2, 0.25) is 0 Å². The summed E-state index contributed by atoms with van der Waals surface area (Å²) in [5.74, 6) is 0.202. The highest BCUT2D eigenvalue weighted by Gasteiger charge is 2.59. The first-order valence-corrected chi connectivity index (χ1v) is 7.66. The quantitative estimate of drug-likeness (QED) is 0.695. The number of methoxy groups -OCH3 is 1. The van der Waals surface area contributed by atoms with E-state index >= 15 is 0 Å². The number of nitrogens with one attached hydrogen (secondary N) is 1. The van der Waals surface area contributed by atoms with Crippen molar-refractivity contribution in [1.29, 1.82) is 0 Å². The van der Waals surface area contributed by atoms with E-state index in [1.165, 1.54) is 32.2 Å². The van der Waals surface area contributed by atoms with Gasteiger partial charge in [-0.3, -0.25) is 0 Å². The standard InChI is InChI=1S/C18H16F3NO4/c1-9-7-10(2)22-15(9)17(24,18(19,20)21)12-8-11-5-4-6-13(25-3)14(11)26-16(12)23/h4-8,22,24H,1-3H3. The Morgan fingerprint density at radius 1 is 1.19 bits per heavy atom. The molecule has 0 amide bonds. The molecule has 2 aromatic heterocycles. The van der Waals surface area contributed by atoms with E-state index in [-0.39, 0.29) is 22.3 Å². The summed E-state index contributed by atoms with van der Waals surface area (Å²) >= 11 is 0. The third-order valence-electron chi connectivity index (χ3n) is 4.26. The minimum atomic E-state index is -5.16. The zero-order chi connectivity index (χ0) is 19.3. The minimum Gasteiger partial charge on any atom is -0.493 e. The van der Waals surface area contributed by atoms with Crippen LogP contribution in [0.3, 0.4) is 0 Å². The first-order chi connectivity index (χ1) is 12.1. The Morgan fingerprint density at radius 2 is 1.88 bits per heavy atom. The number of aromatic amines is 1. The molecule has 0 aliphatic carbocycles. The summed E-state index contributed by atoms with van der Waals surface area (Å²) in [6, 6.07) is 6.96. The molecule has 3 rings (SSSR count). The molecule has 1 atom stereocenters. The third-order valence-corrected chi connectivity index (χ3v) is 4.26. The lowest BCUT2D eigenvalue weighted by molar-refractivity contribution is -0.250. The molecule has 138 valence electrons. The molecule has 8 heteroatoms. The fraction of sp³-hybridized carbons (Fsp3) is 0.278. The van der Waals surface area contributed by atoms with Gasteiger partial charge in [-0.2, -0.15) is 13.2 Å². The van der Waals surface area contributed by atoms with E-state index in [4.69, 9.17) is 9.15 Å². The van der Waals surface area contributed by atoms with E-state index < -0.39 is 28.7 Å². The average Bonchev–Trinajstić information content (AvgIpc) is 2.90. The number of aromatic nitrogens is 1. The van der Waals surface area contributed by atoms with Crippen LogP contribution in [0.5, 0.6) is 5.75 Å². The van der Waals surface area contributed by atoms with Gasteiger partial charge in [0, 0.05) is 11.1 Å². The molecule has 2 N–H and O–H groups in total. The normalized spacial score (nSPS) is 14.4. The second-order valence-corrected chi connectivity index (χ2v) is 6.04. The number of para-hydroxylation sites is 1. The van der Waals surface area contributed by atoms with Gasteiger partial charge in [0.15, 0.2) is 11.3 Å². The van der Waals surface area contributed by atoms with Crippen LogP contribution >= 0.6 is 0 Å². The molecule has 0 spiro atoms. The van der Waals surface area contributed by atoms with Gasteiger partial charge in [0.05, 0.1) is 18.4 Å². The molecule has 1 unspecified atom stereocenters. The molecule has 0 fully saturated rings. The van der Waals surface area contributed by atoms with E-state index in [2.05, 4.69) is 4.98 Å². The zero-order valence-corrected chi connectivity index (χ0v) is 14.2. The molecule has 5 nitrogen and oxygen atoms in total. The molecule has 0 saturated carbocycles. The van der Waals surface area contributed by atoms with Gasteiger partial charge >= 0.3 is 11.8 Å². The summed E-state index contributed by atoms with van der Waals surface area (Å²) in [7, 11) is 1.35. The molecular formula is C18H16F3NO4. The smallest absolute Gasteiger partial charge is 0.427 e. The molecule has 0 bridgehead atoms. The van der Waals surface area contributed by atoms with E-state index in [1.807, 2.05) is 0 Å². The largest absolute Gasteiger partial charge is 0.493 e. The van der Waals surface area contributed by atoms with E-state index in [0.717, 1.165) is 6.07 Å². The number of benzene rings is 1. The van der Waals surface area contributed by atoms with E-state index in [1.54, 1.807) is 13.0 Å². The molecule has 0 radical (unpaired) electrons. The fourth-order valence-electron chi connectivity index (χ4n) is 3.06. The van der Waals surface area contributed by atoms with Crippen molar-refractivity contribution >= 4 is 11.0 Å². The van der Waals surface area contributed by atoms with Crippen molar-refractivity contribution in [3.8, 4) is 5.75 Å². The van der Waals surface area contributed by atoms with E-state index in [0.29, 0.717) is 5.69 Å². The van der Waals surface area contributed by atoms with Gasteiger partial charge in [-0.1, -0.05) is 12.1 Å². The molecule has 3 aromatic rings. The molecular weight excluding hydrogens is 351 g/mol. The van der Waals surface area contributed by atoms with Crippen molar-refractivity contribution in [2.75, 3.05) is 7.11 Å². The molecule has 26 heavy (non-hydrogen) atoms. The molecule has 0 aliphatic rings. The van der Waals surface area contributed by atoms with Gasteiger partial charge in [-0.05, 0) is 37.6 Å². The monoisotopic (exact) mass is 367 g/mol. The van der Waals surface area contributed by atoms with Crippen LogP contribution in [-0.4, -0.2) is 23.4 Å². The van der Waals surface area contributed by atoms with Crippen molar-refractivity contribution < 1.29 is 27.4 Å². The predicted octanol–water partition coefficient (Wildman–Crippen LogP) is 3.54. The number of hydrogen-bond donors (Lipinski definition) is 2. The maximum atomic E-state index is 13.9. The second-order valence-electron chi connectivity index (χ2n) is 6.04. The molecule has 1 aromatic carbocycles. The van der Waals surface area contributed by atoms with Crippen LogP contribution < -0.4 is 10.4 Å². The number of H-pyrrole nitrogens is 1. The average molecular weight is 367 g/mol. The highest BCUT2D eigenvalue weighted by Crippen LogP contribution is 2.44. The Kier molecular flexibility index (Phi) is 4.11. The summed E-state index contributed by atoms with van der Waals surface area (Å²) in [5.41, 5.74) is -5.67. The van der Waals surface area contributed by atoms with Gasteiger partial charge in [0.25, 0.3) is 0 Å². The Balaban J connectivity index is 2.38. The number of aliphatic hydroxyl groups is 1. The highest BCUT2D eigenvalue weighted by molar-refractivity contribution is 5.83. The Hall–Kier alpha value is -2.74. The lowest BCUT2D eigenvalue weighted by atomic mass is 9.88. The van der Waals surface area contributed by atoms with Crippen molar-refractivity contribution in [3.63, 3.8) is 0 Å². The van der Waals surface area contributed by atoms with Crippen LogP contribution in [0.15, 0.2) is 39.5 Å². The van der Waals surface area contributed by atoms with Gasteiger partial charge < -0.3 is 19.2 Å². The minimum absolute atomic E-state index is 0.00710. The summed E-state index contributed by atoms with van der Waals surface area (Å²) < 4.78 is 51.9. The van der Waals surface area contributed by atoms with Gasteiger partial charge in [0.1, 0.15) is 0 Å². The van der Waals surface area contributed by atoms with Crippen molar-refractivity contribution in [3.05, 3.63) is 63.3 Å². The first kappa shape index (κ1) is 18.1. The van der Waals surface area contributed by atoms with Crippen molar-refractivity contribution in [1.82, 2.24) is 4.98 Å². The lowest BCUT2D eigenvalue weighted by Gasteiger charge is -2.30. The number of alkyl halides is 3. The van der Waals surface area contributed by atoms with Crippen LogP contribution in [-0.2, 0) is 5.60 Å². The lowest BCUT2D eigenvalue weighted by Crippen LogP contribution is -2.47. The van der Waals surface area contributed by atoms with Crippen LogP contribution in [0.25, 0.3) is 11.0 Å². The van der Waals surface area contributed by atoms with Crippen LogP contribution in [0.4, 0.5) is 13.2 Å². The zero-order valence-electron chi connectivity index (χ0n) is 14.2. The Morgan fingerprint density at radius 3 is 2.42 bits per heavy atom. The number of halogens is 3.